The molecule has 0 atom stereocenters. The van der Waals surface area contributed by atoms with Gasteiger partial charge in [0.15, 0.2) is 6.20 Å². The summed E-state index contributed by atoms with van der Waals surface area (Å²) in [5.41, 5.74) is 1.86. The topological polar surface area (TPSA) is 42.2 Å². The third kappa shape index (κ3) is 1.86. The summed E-state index contributed by atoms with van der Waals surface area (Å²) in [7, 11) is 1.62. The smallest absolute Gasteiger partial charge is 0.290 e. The first-order valence-corrected chi connectivity index (χ1v) is 5.08. The fraction of sp³-hybridized carbons (Fsp3) is 0.167. The molecule has 0 bridgehead atoms. The first-order chi connectivity index (χ1) is 7.78. The van der Waals surface area contributed by atoms with Gasteiger partial charge in [-0.05, 0) is 12.1 Å². The molecule has 17 heavy (non-hydrogen) atoms. The quantitative estimate of drug-likeness (QED) is 0.624. The van der Waals surface area contributed by atoms with Crippen molar-refractivity contribution in [3.63, 3.8) is 0 Å². The lowest BCUT2D eigenvalue weighted by atomic mass is 10.1. The molecule has 5 heteroatoms. The number of benzene rings is 1. The van der Waals surface area contributed by atoms with Gasteiger partial charge in [-0.25, -0.2) is 0 Å². The Labute approximate surface area is 109 Å². The average Bonchev–Trinajstić information content (AvgIpc) is 2.28. The largest absolute Gasteiger partial charge is 1.00 e. The second kappa shape index (κ2) is 4.33. The van der Waals surface area contributed by atoms with E-state index in [1.165, 1.54) is 0 Å². The van der Waals surface area contributed by atoms with Crippen molar-refractivity contribution in [2.24, 2.45) is 0 Å². The van der Waals surface area contributed by atoms with Gasteiger partial charge in [-0.1, -0.05) is 0 Å². The number of rotatable bonds is 1. The summed E-state index contributed by atoms with van der Waals surface area (Å²) in [5.74, 6) is 0.751. The molecule has 3 rings (SSSR count). The van der Waals surface area contributed by atoms with Gasteiger partial charge in [0.1, 0.15) is 11.4 Å². The van der Waals surface area contributed by atoms with Gasteiger partial charge in [0, 0.05) is 12.1 Å². The standard InChI is InChI=1S/C12H10N2O2.BrH/c1-16-9-5-8-3-2-4-14-7-11(15)13-10(6-9)12(8)14;/h2-6H,7H2,1H3;1H. The summed E-state index contributed by atoms with van der Waals surface area (Å²) >= 11 is 0. The zero-order chi connectivity index (χ0) is 11.1. The Morgan fingerprint density at radius 1 is 1.41 bits per heavy atom. The Hall–Kier alpha value is -1.62. The summed E-state index contributed by atoms with van der Waals surface area (Å²) < 4.78 is 7.15. The molecular weight excluding hydrogens is 284 g/mol. The molecule has 2 aromatic rings. The summed E-state index contributed by atoms with van der Waals surface area (Å²) in [5, 5.41) is 3.93. The maximum absolute atomic E-state index is 11.5. The van der Waals surface area contributed by atoms with E-state index in [0.717, 1.165) is 22.3 Å². The third-order valence-corrected chi connectivity index (χ3v) is 2.77. The molecule has 2 heterocycles. The zero-order valence-electron chi connectivity index (χ0n) is 9.24. The Morgan fingerprint density at radius 2 is 2.24 bits per heavy atom. The van der Waals surface area contributed by atoms with Crippen LogP contribution in [0.2, 0.25) is 0 Å². The van der Waals surface area contributed by atoms with Gasteiger partial charge in [-0.2, -0.15) is 4.57 Å². The number of carbonyl (C=O) groups is 1. The SMILES string of the molecule is COc1cc2c3c(ccc[n+]3CC(=O)N2)c1.[Br-]. The van der Waals surface area contributed by atoms with Crippen LogP contribution in [0.1, 0.15) is 0 Å². The molecule has 0 saturated carbocycles. The molecule has 4 nitrogen and oxygen atoms in total. The number of nitrogens with one attached hydrogen (secondary N) is 1. The van der Waals surface area contributed by atoms with E-state index in [4.69, 9.17) is 4.74 Å². The Balaban J connectivity index is 0.00000108. The number of hydrogen-bond donors (Lipinski definition) is 1. The first kappa shape index (κ1) is 11.9. The highest BCUT2D eigenvalue weighted by molar-refractivity contribution is 6.01. The van der Waals surface area contributed by atoms with Crippen LogP contribution in [0.15, 0.2) is 30.5 Å². The highest BCUT2D eigenvalue weighted by Gasteiger charge is 2.24. The van der Waals surface area contributed by atoms with Crippen LogP contribution in [-0.4, -0.2) is 13.0 Å². The lowest BCUT2D eigenvalue weighted by Crippen LogP contribution is -3.00. The van der Waals surface area contributed by atoms with Crippen molar-refractivity contribution in [2.75, 3.05) is 12.4 Å². The normalized spacial score (nSPS) is 12.9. The third-order valence-electron chi connectivity index (χ3n) is 2.77. The molecule has 1 amide bonds. The predicted octanol–water partition coefficient (Wildman–Crippen LogP) is -1.91. The molecule has 0 aliphatic carbocycles. The molecule has 0 saturated heterocycles. The molecular formula is C12H11BrN2O2. The lowest BCUT2D eigenvalue weighted by molar-refractivity contribution is -0.658. The van der Waals surface area contributed by atoms with Gasteiger partial charge in [-0.3, -0.25) is 4.79 Å². The number of aromatic nitrogens is 1. The summed E-state index contributed by atoms with van der Waals surface area (Å²) in [6.07, 6.45) is 1.91. The van der Waals surface area contributed by atoms with E-state index in [1.54, 1.807) is 7.11 Å². The van der Waals surface area contributed by atoms with Crippen molar-refractivity contribution in [1.82, 2.24) is 0 Å². The number of pyridine rings is 1. The summed E-state index contributed by atoms with van der Waals surface area (Å²) in [6, 6.07) is 7.75. The molecule has 1 aromatic heterocycles. The number of halogens is 1. The maximum Gasteiger partial charge on any atom is 0.290 e. The van der Waals surface area contributed by atoms with Crippen molar-refractivity contribution >= 4 is 22.5 Å². The molecule has 1 aliphatic rings. The Kier molecular flexibility index (Phi) is 3.02. The zero-order valence-corrected chi connectivity index (χ0v) is 10.8. The fourth-order valence-corrected chi connectivity index (χ4v) is 2.09. The van der Waals surface area contributed by atoms with E-state index >= 15 is 0 Å². The van der Waals surface area contributed by atoms with Crippen LogP contribution >= 0.6 is 0 Å². The minimum atomic E-state index is -0.00162. The van der Waals surface area contributed by atoms with Crippen LogP contribution < -0.4 is 31.6 Å². The second-order valence-electron chi connectivity index (χ2n) is 3.80. The van der Waals surface area contributed by atoms with E-state index < -0.39 is 0 Å². The monoisotopic (exact) mass is 294 g/mol. The number of carbonyl (C=O) groups excluding carboxylic acids is 1. The summed E-state index contributed by atoms with van der Waals surface area (Å²) in [4.78, 5) is 11.5. The molecule has 1 N–H and O–H groups in total. The first-order valence-electron chi connectivity index (χ1n) is 5.08. The van der Waals surface area contributed by atoms with Crippen LogP contribution in [0.4, 0.5) is 5.69 Å². The number of hydrogen-bond acceptors (Lipinski definition) is 2. The van der Waals surface area contributed by atoms with Gasteiger partial charge in [0.2, 0.25) is 12.1 Å². The van der Waals surface area contributed by atoms with Crippen LogP contribution in [0, 0.1) is 0 Å². The van der Waals surface area contributed by atoms with E-state index in [9.17, 15) is 4.79 Å². The number of amides is 1. The number of anilines is 1. The second-order valence-corrected chi connectivity index (χ2v) is 3.80. The highest BCUT2D eigenvalue weighted by Crippen LogP contribution is 2.28. The van der Waals surface area contributed by atoms with Gasteiger partial charge >= 0.3 is 0 Å². The Bertz CT molecular complexity index is 598. The minimum absolute atomic E-state index is 0. The van der Waals surface area contributed by atoms with Crippen LogP contribution in [-0.2, 0) is 11.3 Å². The average molecular weight is 295 g/mol. The van der Waals surface area contributed by atoms with Gasteiger partial charge in [0.05, 0.1) is 12.5 Å². The number of methoxy groups -OCH3 is 1. The van der Waals surface area contributed by atoms with Crippen molar-refractivity contribution in [3.8, 4) is 5.75 Å². The molecule has 1 aromatic carbocycles. The van der Waals surface area contributed by atoms with Crippen LogP contribution in [0.5, 0.6) is 5.75 Å². The molecule has 0 radical (unpaired) electrons. The van der Waals surface area contributed by atoms with E-state index in [2.05, 4.69) is 5.32 Å². The van der Waals surface area contributed by atoms with Gasteiger partial charge in [-0.15, -0.1) is 0 Å². The highest BCUT2D eigenvalue weighted by atomic mass is 79.9. The van der Waals surface area contributed by atoms with Crippen molar-refractivity contribution in [3.05, 3.63) is 30.5 Å². The fourth-order valence-electron chi connectivity index (χ4n) is 2.09. The van der Waals surface area contributed by atoms with E-state index in [1.807, 2.05) is 35.0 Å². The van der Waals surface area contributed by atoms with Crippen molar-refractivity contribution in [2.45, 2.75) is 6.54 Å². The van der Waals surface area contributed by atoms with Gasteiger partial charge < -0.3 is 27.0 Å². The molecule has 88 valence electrons. The molecule has 0 unspecified atom stereocenters. The molecule has 0 spiro atoms. The van der Waals surface area contributed by atoms with E-state index in [-0.39, 0.29) is 22.9 Å². The number of nitrogens with zero attached hydrogens (tertiary/aromatic N) is 1. The predicted molar refractivity (Wildman–Crippen MR) is 59.3 cm³/mol. The number of ether oxygens (including phenoxy) is 1. The van der Waals surface area contributed by atoms with Crippen molar-refractivity contribution < 1.29 is 31.1 Å². The lowest BCUT2D eigenvalue weighted by Gasteiger charge is -2.13. The maximum atomic E-state index is 11.5. The minimum Gasteiger partial charge on any atom is -1.00 e. The van der Waals surface area contributed by atoms with E-state index in [0.29, 0.717) is 6.54 Å². The Morgan fingerprint density at radius 3 is 3.00 bits per heavy atom. The summed E-state index contributed by atoms with van der Waals surface area (Å²) in [6.45, 7) is 0.372. The van der Waals surface area contributed by atoms with Crippen molar-refractivity contribution in [1.29, 1.82) is 0 Å². The molecule has 1 aliphatic heterocycles. The van der Waals surface area contributed by atoms with Gasteiger partial charge in [0.25, 0.3) is 5.91 Å². The van der Waals surface area contributed by atoms with Crippen LogP contribution in [0.25, 0.3) is 10.9 Å². The molecule has 0 fully saturated rings. The van der Waals surface area contributed by atoms with Crippen LogP contribution in [0.3, 0.4) is 0 Å².